The zero-order valence-corrected chi connectivity index (χ0v) is 19.9. The molecular weight excluding hydrogens is 400 g/mol. The van der Waals surface area contributed by atoms with E-state index in [1.54, 1.807) is 14.2 Å². The molecule has 0 radical (unpaired) electrons. The molecule has 174 valence electrons. The predicted molar refractivity (Wildman–Crippen MR) is 126 cm³/mol. The maximum Gasteiger partial charge on any atom is 0.161 e. The van der Waals surface area contributed by atoms with Gasteiger partial charge in [0.15, 0.2) is 11.5 Å². The zero-order valence-electron chi connectivity index (χ0n) is 19.9. The van der Waals surface area contributed by atoms with Crippen LogP contribution in [0.5, 0.6) is 11.5 Å². The first-order chi connectivity index (χ1) is 15.5. The van der Waals surface area contributed by atoms with Gasteiger partial charge in [-0.05, 0) is 107 Å². The predicted octanol–water partition coefficient (Wildman–Crippen LogP) is 5.17. The summed E-state index contributed by atoms with van der Waals surface area (Å²) in [6.45, 7) is 1.13. The molecule has 0 N–H and O–H groups in total. The van der Waals surface area contributed by atoms with Crippen LogP contribution in [0.1, 0.15) is 69.8 Å². The molecule has 5 nitrogen and oxygen atoms in total. The summed E-state index contributed by atoms with van der Waals surface area (Å²) < 4.78 is 11.1. The van der Waals surface area contributed by atoms with Crippen molar-refractivity contribution in [3.8, 4) is 11.5 Å². The summed E-state index contributed by atoms with van der Waals surface area (Å²) in [4.78, 5) is 9.04. The summed E-state index contributed by atoms with van der Waals surface area (Å²) in [5.41, 5.74) is 2.87. The van der Waals surface area contributed by atoms with Gasteiger partial charge in [-0.3, -0.25) is 0 Å². The molecule has 7 rings (SSSR count). The van der Waals surface area contributed by atoms with E-state index in [2.05, 4.69) is 30.1 Å². The Kier molecular flexibility index (Phi) is 4.98. The van der Waals surface area contributed by atoms with Crippen LogP contribution in [0.2, 0.25) is 0 Å². The van der Waals surface area contributed by atoms with Gasteiger partial charge >= 0.3 is 0 Å². The number of hydrogen-bond donors (Lipinski definition) is 0. The van der Waals surface area contributed by atoms with Crippen molar-refractivity contribution in [3.05, 3.63) is 23.8 Å². The third-order valence-electron chi connectivity index (χ3n) is 9.68. The average Bonchev–Trinajstić information content (AvgIpc) is 3.13. The standard InChI is InChI=1S/C27H38N2O3/c1-29-9-8-27(21-4-5-23(30-2)24(13-21)31-3)7-6-22(14-25(27)29)28-32-26-15-18-10-19(16-26)12-20(11-18)17-26/h4-5,13,18-20,25H,6-12,14-17H2,1-3H3/b28-22-. The molecule has 6 aliphatic rings. The Labute approximate surface area is 192 Å². The van der Waals surface area contributed by atoms with Gasteiger partial charge in [0, 0.05) is 17.9 Å². The lowest BCUT2D eigenvalue weighted by Gasteiger charge is -2.54. The first-order valence-corrected chi connectivity index (χ1v) is 12.7. The fraction of sp³-hybridized carbons (Fsp3) is 0.741. The van der Waals surface area contributed by atoms with E-state index in [0.29, 0.717) is 6.04 Å². The fourth-order valence-electron chi connectivity index (χ4n) is 8.47. The highest BCUT2D eigenvalue weighted by molar-refractivity contribution is 5.86. The van der Waals surface area contributed by atoms with Crippen LogP contribution in [0.4, 0.5) is 0 Å². The molecule has 2 unspecified atom stereocenters. The molecule has 0 amide bonds. The molecule has 1 heterocycles. The van der Waals surface area contributed by atoms with Gasteiger partial charge in [-0.25, -0.2) is 0 Å². The zero-order chi connectivity index (χ0) is 21.9. The molecule has 32 heavy (non-hydrogen) atoms. The molecule has 5 aliphatic carbocycles. The second kappa shape index (κ2) is 7.65. The topological polar surface area (TPSA) is 43.3 Å². The van der Waals surface area contributed by atoms with Gasteiger partial charge in [0.1, 0.15) is 5.60 Å². The van der Waals surface area contributed by atoms with Crippen LogP contribution in [0.25, 0.3) is 0 Å². The lowest BCUT2D eigenvalue weighted by Crippen LogP contribution is -2.51. The van der Waals surface area contributed by atoms with Gasteiger partial charge in [0.05, 0.1) is 19.9 Å². The maximum absolute atomic E-state index is 6.50. The summed E-state index contributed by atoms with van der Waals surface area (Å²) in [6, 6.07) is 6.99. The van der Waals surface area contributed by atoms with E-state index in [-0.39, 0.29) is 11.0 Å². The Morgan fingerprint density at radius 1 is 0.938 bits per heavy atom. The fourth-order valence-corrected chi connectivity index (χ4v) is 8.47. The number of benzene rings is 1. The minimum absolute atomic E-state index is 0.0568. The number of nitrogens with zero attached hydrogens (tertiary/aromatic N) is 2. The minimum atomic E-state index is 0.0568. The van der Waals surface area contributed by atoms with E-state index in [0.717, 1.165) is 55.1 Å². The van der Waals surface area contributed by atoms with E-state index < -0.39 is 0 Å². The molecule has 0 aromatic heterocycles. The lowest BCUT2D eigenvalue weighted by atomic mass is 9.54. The minimum Gasteiger partial charge on any atom is -0.493 e. The molecule has 6 fully saturated rings. The van der Waals surface area contributed by atoms with Gasteiger partial charge in [0.25, 0.3) is 0 Å². The molecule has 5 saturated carbocycles. The van der Waals surface area contributed by atoms with Gasteiger partial charge in [-0.15, -0.1) is 0 Å². The Balaban J connectivity index is 1.22. The van der Waals surface area contributed by atoms with E-state index in [1.807, 2.05) is 0 Å². The third-order valence-corrected chi connectivity index (χ3v) is 9.68. The number of likely N-dealkylation sites (tertiary alicyclic amines) is 1. The third kappa shape index (κ3) is 3.26. The number of hydrogen-bond acceptors (Lipinski definition) is 5. The van der Waals surface area contributed by atoms with Crippen molar-refractivity contribution < 1.29 is 14.3 Å². The number of oxime groups is 1. The molecule has 0 spiro atoms. The maximum atomic E-state index is 6.50. The van der Waals surface area contributed by atoms with Gasteiger partial charge in [-0.1, -0.05) is 11.2 Å². The van der Waals surface area contributed by atoms with Crippen LogP contribution in [-0.4, -0.2) is 50.1 Å². The Hall–Kier alpha value is -1.75. The van der Waals surface area contributed by atoms with Crippen LogP contribution in [-0.2, 0) is 10.3 Å². The number of ether oxygens (including phenoxy) is 2. The molecule has 1 aliphatic heterocycles. The number of likely N-dealkylation sites (N-methyl/N-ethyl adjacent to an activating group) is 1. The summed E-state index contributed by atoms with van der Waals surface area (Å²) in [6.07, 6.45) is 12.4. The molecule has 4 bridgehead atoms. The second-order valence-corrected chi connectivity index (χ2v) is 11.5. The average molecular weight is 439 g/mol. The van der Waals surface area contributed by atoms with E-state index in [4.69, 9.17) is 19.5 Å². The monoisotopic (exact) mass is 438 g/mol. The highest BCUT2D eigenvalue weighted by atomic mass is 16.6. The number of fused-ring (bicyclic) bond motifs is 1. The largest absolute Gasteiger partial charge is 0.493 e. The van der Waals surface area contributed by atoms with Crippen molar-refractivity contribution >= 4 is 5.71 Å². The van der Waals surface area contributed by atoms with E-state index in [1.165, 1.54) is 56.2 Å². The van der Waals surface area contributed by atoms with Crippen molar-refractivity contribution in [2.75, 3.05) is 27.8 Å². The van der Waals surface area contributed by atoms with Crippen molar-refractivity contribution in [1.82, 2.24) is 4.90 Å². The first kappa shape index (κ1) is 20.8. The molecule has 1 aromatic carbocycles. The van der Waals surface area contributed by atoms with E-state index in [9.17, 15) is 0 Å². The highest BCUT2D eigenvalue weighted by Crippen LogP contribution is 2.57. The van der Waals surface area contributed by atoms with Crippen molar-refractivity contribution in [1.29, 1.82) is 0 Å². The summed E-state index contributed by atoms with van der Waals surface area (Å²) >= 11 is 0. The molecular formula is C27H38N2O3. The van der Waals surface area contributed by atoms with Crippen LogP contribution >= 0.6 is 0 Å². The first-order valence-electron chi connectivity index (χ1n) is 12.7. The summed E-state index contributed by atoms with van der Waals surface area (Å²) in [7, 11) is 5.70. The van der Waals surface area contributed by atoms with Gasteiger partial charge < -0.3 is 19.2 Å². The quantitative estimate of drug-likeness (QED) is 0.595. The normalized spacial score (nSPS) is 41.7. The van der Waals surface area contributed by atoms with Gasteiger partial charge in [-0.2, -0.15) is 0 Å². The Bertz CT molecular complexity index is 877. The SMILES string of the molecule is COc1ccc(C23CC/C(=N/OC45CC6CC(CC(C6)C4)C5)CC2N(C)CC3)cc1OC. The highest BCUT2D eigenvalue weighted by Gasteiger charge is 2.54. The van der Waals surface area contributed by atoms with Crippen molar-refractivity contribution in [3.63, 3.8) is 0 Å². The van der Waals surface area contributed by atoms with Crippen LogP contribution in [0.3, 0.4) is 0 Å². The molecule has 5 heteroatoms. The summed E-state index contributed by atoms with van der Waals surface area (Å²) in [5.74, 6) is 4.32. The molecule has 1 aromatic rings. The second-order valence-electron chi connectivity index (χ2n) is 11.5. The Morgan fingerprint density at radius 3 is 2.28 bits per heavy atom. The molecule has 2 atom stereocenters. The van der Waals surface area contributed by atoms with Crippen molar-refractivity contribution in [2.24, 2.45) is 22.9 Å². The smallest absolute Gasteiger partial charge is 0.161 e. The Morgan fingerprint density at radius 2 is 1.62 bits per heavy atom. The van der Waals surface area contributed by atoms with Crippen LogP contribution in [0, 0.1) is 17.8 Å². The lowest BCUT2D eigenvalue weighted by molar-refractivity contribution is -0.162. The van der Waals surface area contributed by atoms with Crippen LogP contribution < -0.4 is 9.47 Å². The van der Waals surface area contributed by atoms with Gasteiger partial charge in [0.2, 0.25) is 0 Å². The van der Waals surface area contributed by atoms with E-state index >= 15 is 0 Å². The number of rotatable bonds is 5. The van der Waals surface area contributed by atoms with Crippen LogP contribution in [0.15, 0.2) is 23.4 Å². The van der Waals surface area contributed by atoms with Crippen molar-refractivity contribution in [2.45, 2.75) is 81.3 Å². The summed E-state index contributed by atoms with van der Waals surface area (Å²) in [5, 5.41) is 4.90. The number of methoxy groups -OCH3 is 2. The molecule has 1 saturated heterocycles.